The molecule has 1 atom stereocenters. The number of rotatable bonds is 3. The maximum atomic E-state index is 13.3. The number of carboxylic acid groups (broad SMARTS) is 1. The molecule has 0 unspecified atom stereocenters. The van der Waals surface area contributed by atoms with Crippen LogP contribution in [0.4, 0.5) is 0 Å². The van der Waals surface area contributed by atoms with Crippen molar-refractivity contribution in [3.8, 4) is 10.6 Å². The SMILES string of the molecule is Cc1nn(C)c2nc(-c3cccs3)cc(C(=O)N3CCO[C@H](C(=O)O)C3)c12. The molecule has 1 fully saturated rings. The van der Waals surface area contributed by atoms with Crippen molar-refractivity contribution < 1.29 is 19.4 Å². The smallest absolute Gasteiger partial charge is 0.334 e. The Bertz CT molecular complexity index is 1030. The van der Waals surface area contributed by atoms with Crippen molar-refractivity contribution in [1.82, 2.24) is 19.7 Å². The van der Waals surface area contributed by atoms with Crippen LogP contribution >= 0.6 is 11.3 Å². The maximum absolute atomic E-state index is 13.3. The van der Waals surface area contributed by atoms with Gasteiger partial charge in [-0.25, -0.2) is 9.78 Å². The van der Waals surface area contributed by atoms with Gasteiger partial charge >= 0.3 is 5.97 Å². The van der Waals surface area contributed by atoms with Gasteiger partial charge in [-0.05, 0) is 24.4 Å². The molecule has 4 heterocycles. The van der Waals surface area contributed by atoms with E-state index < -0.39 is 12.1 Å². The van der Waals surface area contributed by atoms with Crippen LogP contribution in [0.25, 0.3) is 21.6 Å². The third-order valence-corrected chi connectivity index (χ3v) is 5.49. The zero-order valence-electron chi connectivity index (χ0n) is 14.9. The van der Waals surface area contributed by atoms with E-state index in [2.05, 4.69) is 5.10 Å². The van der Waals surface area contributed by atoms with Crippen molar-refractivity contribution in [1.29, 1.82) is 0 Å². The lowest BCUT2D eigenvalue weighted by Gasteiger charge is -2.31. The van der Waals surface area contributed by atoms with Gasteiger partial charge in [-0.3, -0.25) is 9.48 Å². The molecular formula is C18H18N4O4S. The highest BCUT2D eigenvalue weighted by Gasteiger charge is 2.31. The Labute approximate surface area is 159 Å². The number of ether oxygens (including phenoxy) is 1. The molecule has 27 heavy (non-hydrogen) atoms. The summed E-state index contributed by atoms with van der Waals surface area (Å²) in [5.74, 6) is -1.30. The van der Waals surface area contributed by atoms with Crippen molar-refractivity contribution in [3.05, 3.63) is 34.8 Å². The summed E-state index contributed by atoms with van der Waals surface area (Å²) in [7, 11) is 1.80. The van der Waals surface area contributed by atoms with Gasteiger partial charge in [0.1, 0.15) is 0 Å². The number of carbonyl (C=O) groups excluding carboxylic acids is 1. The second-order valence-corrected chi connectivity index (χ2v) is 7.34. The average Bonchev–Trinajstić information content (AvgIpc) is 3.29. The Morgan fingerprint density at radius 1 is 1.41 bits per heavy atom. The van der Waals surface area contributed by atoms with Crippen molar-refractivity contribution in [2.24, 2.45) is 7.05 Å². The van der Waals surface area contributed by atoms with E-state index in [0.29, 0.717) is 34.5 Å². The number of morpholine rings is 1. The Morgan fingerprint density at radius 3 is 2.93 bits per heavy atom. The van der Waals surface area contributed by atoms with E-state index >= 15 is 0 Å². The molecule has 9 heteroatoms. The van der Waals surface area contributed by atoms with Gasteiger partial charge < -0.3 is 14.7 Å². The summed E-state index contributed by atoms with van der Waals surface area (Å²) in [6.45, 7) is 2.40. The highest BCUT2D eigenvalue weighted by Crippen LogP contribution is 2.30. The zero-order chi connectivity index (χ0) is 19.1. The molecule has 4 rings (SSSR count). The Hall–Kier alpha value is -2.78. The number of hydrogen-bond acceptors (Lipinski definition) is 6. The molecule has 8 nitrogen and oxygen atoms in total. The fourth-order valence-electron chi connectivity index (χ4n) is 3.32. The van der Waals surface area contributed by atoms with E-state index in [1.807, 2.05) is 24.4 Å². The third-order valence-electron chi connectivity index (χ3n) is 4.60. The van der Waals surface area contributed by atoms with Gasteiger partial charge in [-0.1, -0.05) is 6.07 Å². The van der Waals surface area contributed by atoms with E-state index in [4.69, 9.17) is 9.72 Å². The molecular weight excluding hydrogens is 368 g/mol. The average molecular weight is 386 g/mol. The summed E-state index contributed by atoms with van der Waals surface area (Å²) in [5, 5.41) is 16.3. The Kier molecular flexibility index (Phi) is 4.40. The number of amides is 1. The summed E-state index contributed by atoms with van der Waals surface area (Å²) < 4.78 is 6.90. The van der Waals surface area contributed by atoms with Crippen LogP contribution in [-0.4, -0.2) is 62.4 Å². The summed E-state index contributed by atoms with van der Waals surface area (Å²) in [4.78, 5) is 31.7. The van der Waals surface area contributed by atoms with E-state index in [0.717, 1.165) is 4.88 Å². The second kappa shape index (κ2) is 6.75. The number of aromatic nitrogens is 3. The van der Waals surface area contributed by atoms with Crippen LogP contribution in [-0.2, 0) is 16.6 Å². The minimum absolute atomic E-state index is 0.0195. The molecule has 0 spiro atoms. The van der Waals surface area contributed by atoms with E-state index in [1.54, 1.807) is 29.1 Å². The van der Waals surface area contributed by atoms with Crippen molar-refractivity contribution >= 4 is 34.2 Å². The number of thiophene rings is 1. The normalized spacial score (nSPS) is 17.4. The van der Waals surface area contributed by atoms with E-state index in [-0.39, 0.29) is 19.1 Å². The largest absolute Gasteiger partial charge is 0.479 e. The quantitative estimate of drug-likeness (QED) is 0.739. The molecule has 1 aliphatic rings. The first-order valence-electron chi connectivity index (χ1n) is 8.47. The van der Waals surface area contributed by atoms with Crippen LogP contribution in [0.15, 0.2) is 23.6 Å². The van der Waals surface area contributed by atoms with Gasteiger partial charge in [0, 0.05) is 13.6 Å². The lowest BCUT2D eigenvalue weighted by atomic mass is 10.1. The van der Waals surface area contributed by atoms with Crippen LogP contribution in [0.2, 0.25) is 0 Å². The highest BCUT2D eigenvalue weighted by molar-refractivity contribution is 7.13. The summed E-state index contributed by atoms with van der Waals surface area (Å²) in [5.41, 5.74) is 2.53. The second-order valence-electron chi connectivity index (χ2n) is 6.39. The molecule has 0 radical (unpaired) electrons. The van der Waals surface area contributed by atoms with Gasteiger partial charge in [0.15, 0.2) is 11.8 Å². The number of nitrogens with zero attached hydrogens (tertiary/aromatic N) is 4. The lowest BCUT2D eigenvalue weighted by Crippen LogP contribution is -2.48. The fourth-order valence-corrected chi connectivity index (χ4v) is 4.00. The predicted molar refractivity (Wildman–Crippen MR) is 99.8 cm³/mol. The van der Waals surface area contributed by atoms with Crippen LogP contribution in [0, 0.1) is 6.92 Å². The van der Waals surface area contributed by atoms with Crippen molar-refractivity contribution in [2.75, 3.05) is 19.7 Å². The third kappa shape index (κ3) is 3.08. The zero-order valence-corrected chi connectivity index (χ0v) is 15.7. The molecule has 3 aromatic rings. The molecule has 0 aromatic carbocycles. The highest BCUT2D eigenvalue weighted by atomic mass is 32.1. The summed E-state index contributed by atoms with van der Waals surface area (Å²) in [6, 6.07) is 5.66. The Balaban J connectivity index is 1.82. The van der Waals surface area contributed by atoms with Gasteiger partial charge in [0.05, 0.1) is 40.4 Å². The van der Waals surface area contributed by atoms with E-state index in [1.165, 1.54) is 4.90 Å². The first-order valence-corrected chi connectivity index (χ1v) is 9.35. The number of fused-ring (bicyclic) bond motifs is 1. The molecule has 1 saturated heterocycles. The number of aryl methyl sites for hydroxylation is 2. The molecule has 1 amide bonds. The lowest BCUT2D eigenvalue weighted by molar-refractivity contribution is -0.154. The van der Waals surface area contributed by atoms with Gasteiger partial charge in [-0.15, -0.1) is 11.3 Å². The van der Waals surface area contributed by atoms with Crippen LogP contribution in [0.1, 0.15) is 16.1 Å². The molecule has 0 saturated carbocycles. The molecule has 1 N–H and O–H groups in total. The molecule has 140 valence electrons. The van der Waals surface area contributed by atoms with Crippen molar-refractivity contribution in [3.63, 3.8) is 0 Å². The number of pyridine rings is 1. The van der Waals surface area contributed by atoms with Crippen LogP contribution in [0.3, 0.4) is 0 Å². The standard InChI is InChI=1S/C18H18N4O4S/c1-10-15-11(17(23)22-5-6-26-13(9-22)18(24)25)8-12(14-4-3-7-27-14)19-16(15)21(2)20-10/h3-4,7-8,13H,5-6,9H2,1-2H3,(H,24,25)/t13-/m0/s1. The number of carbonyl (C=O) groups is 2. The van der Waals surface area contributed by atoms with Gasteiger partial charge in [-0.2, -0.15) is 5.10 Å². The first-order chi connectivity index (χ1) is 13.0. The maximum Gasteiger partial charge on any atom is 0.334 e. The summed E-state index contributed by atoms with van der Waals surface area (Å²) in [6.07, 6.45) is -1.01. The monoisotopic (exact) mass is 386 g/mol. The molecule has 0 aliphatic carbocycles. The fraction of sp³-hybridized carbons (Fsp3) is 0.333. The van der Waals surface area contributed by atoms with Gasteiger partial charge in [0.25, 0.3) is 5.91 Å². The first kappa shape index (κ1) is 17.6. The minimum atomic E-state index is -1.07. The molecule has 3 aromatic heterocycles. The number of carboxylic acids is 1. The number of aliphatic carboxylic acids is 1. The Morgan fingerprint density at radius 2 is 2.22 bits per heavy atom. The topological polar surface area (TPSA) is 97.5 Å². The predicted octanol–water partition coefficient (Wildman–Crippen LogP) is 1.93. The van der Waals surface area contributed by atoms with Crippen LogP contribution in [0.5, 0.6) is 0 Å². The molecule has 0 bridgehead atoms. The molecule has 1 aliphatic heterocycles. The minimum Gasteiger partial charge on any atom is -0.479 e. The van der Waals surface area contributed by atoms with E-state index in [9.17, 15) is 14.7 Å². The number of hydrogen-bond donors (Lipinski definition) is 1. The summed E-state index contributed by atoms with van der Waals surface area (Å²) >= 11 is 1.54. The van der Waals surface area contributed by atoms with Crippen LogP contribution < -0.4 is 0 Å². The van der Waals surface area contributed by atoms with Crippen molar-refractivity contribution in [2.45, 2.75) is 13.0 Å². The van der Waals surface area contributed by atoms with Gasteiger partial charge in [0.2, 0.25) is 0 Å².